The van der Waals surface area contributed by atoms with Gasteiger partial charge in [0.1, 0.15) is 0 Å². The molecule has 4 rings (SSSR count). The molecule has 1 saturated heterocycles. The van der Waals surface area contributed by atoms with E-state index in [-0.39, 0.29) is 129 Å². The number of nitrogens with one attached hydrogen (secondary N) is 1. The molecule has 1 aliphatic carbocycles. The first-order chi connectivity index (χ1) is 16.8. The summed E-state index contributed by atoms with van der Waals surface area (Å²) in [6.45, 7) is 1.72. The number of thioether (sulfide) groups is 1. The Morgan fingerprint density at radius 3 is 2.26 bits per heavy atom. The van der Waals surface area contributed by atoms with Crippen molar-refractivity contribution in [2.75, 3.05) is 24.7 Å². The quantitative estimate of drug-likeness (QED) is 0.318. The van der Waals surface area contributed by atoms with Crippen molar-refractivity contribution in [3.63, 3.8) is 0 Å². The summed E-state index contributed by atoms with van der Waals surface area (Å²) in [5.74, 6) is -0.872. The molecule has 204 valence electrons. The van der Waals surface area contributed by atoms with Gasteiger partial charge in [-0.15, -0.1) is 12.6 Å². The molecule has 1 fully saturated rings. The first-order valence-corrected chi connectivity index (χ1v) is 12.7. The van der Waals surface area contributed by atoms with E-state index in [1.807, 2.05) is 42.5 Å². The van der Waals surface area contributed by atoms with Gasteiger partial charge in [0.15, 0.2) is 0 Å². The molecule has 2 atom stereocenters. The van der Waals surface area contributed by atoms with Gasteiger partial charge in [-0.3, -0.25) is 19.3 Å². The van der Waals surface area contributed by atoms with Crippen molar-refractivity contribution < 1.29 is 111 Å². The van der Waals surface area contributed by atoms with Gasteiger partial charge in [-0.1, -0.05) is 36.8 Å². The number of anilines is 1. The van der Waals surface area contributed by atoms with E-state index in [0.29, 0.717) is 5.69 Å². The fourth-order valence-electron chi connectivity index (χ4n) is 4.19. The Hall–Kier alpha value is -1.17. The summed E-state index contributed by atoms with van der Waals surface area (Å²) in [6.07, 6.45) is 2.01. The molecule has 4 radical (unpaired) electrons. The third-order valence-corrected chi connectivity index (χ3v) is 6.63. The maximum Gasteiger partial charge on any atom is 0.425 e. The summed E-state index contributed by atoms with van der Waals surface area (Å²) in [5, 5.41) is 2.49. The fourth-order valence-corrected chi connectivity index (χ4v) is 4.83. The monoisotopic (exact) mass is 721 g/mol. The van der Waals surface area contributed by atoms with Gasteiger partial charge >= 0.3 is 10.6 Å². The molecule has 1 heterocycles. The zero-order chi connectivity index (χ0) is 25.5. The molecular formula is C23H21N2O8S2V4-. The van der Waals surface area contributed by atoms with Crippen LogP contribution < -0.4 is 5.32 Å². The predicted octanol–water partition coefficient (Wildman–Crippen LogP) is 1.69. The Labute approximate surface area is 279 Å². The molecule has 2 unspecified atom stereocenters. The number of imide groups is 1. The number of hydrogen-bond acceptors (Lipinski definition) is 9. The number of amides is 3. The van der Waals surface area contributed by atoms with Gasteiger partial charge < -0.3 is 14.8 Å². The Morgan fingerprint density at radius 1 is 1.05 bits per heavy atom. The maximum atomic E-state index is 12.5. The summed E-state index contributed by atoms with van der Waals surface area (Å²) in [5.41, 5.74) is 4.74. The summed E-state index contributed by atoms with van der Waals surface area (Å²) >= 11 is 1.35. The average molecular weight is 721 g/mol. The van der Waals surface area contributed by atoms with Gasteiger partial charge in [-0.25, -0.2) is 0 Å². The number of nitrogens with zero attached hydrogens (tertiary/aromatic N) is 1. The Balaban J connectivity index is 0. The molecule has 0 aromatic heterocycles. The number of likely N-dealkylation sites (tertiary alicyclic amines) is 1. The smallest absolute Gasteiger partial charge is 0.425 e. The molecule has 1 aliphatic heterocycles. The van der Waals surface area contributed by atoms with E-state index < -0.39 is 10.6 Å². The molecule has 2 aliphatic rings. The van der Waals surface area contributed by atoms with Gasteiger partial charge in [0.2, 0.25) is 17.7 Å². The minimum atomic E-state index is -3.11. The van der Waals surface area contributed by atoms with Crippen LogP contribution in [0.1, 0.15) is 29.9 Å². The molecule has 3 amide bonds. The Bertz CT molecular complexity index is 1270. The summed E-state index contributed by atoms with van der Waals surface area (Å²) in [7, 11) is -3.11. The molecule has 0 spiro atoms. The fraction of sp³-hybridized carbons (Fsp3) is 0.304. The summed E-state index contributed by atoms with van der Waals surface area (Å²) in [4.78, 5) is 48.4. The predicted molar refractivity (Wildman–Crippen MR) is 127 cm³/mol. The standard InChI is InChI=1S/C23H21N2O5S.O3S.4V/c1-31-20-11-22(28)25(23(20)29)9-8-21(27)24-14-6-7-17-15-4-2-3-5-16(15)19(12-30-13-26)18(17)10-14;1-4(2)3;;;;/h2-7,10,19-20H,8-9,11-12H2,1H3,(H,24,27);;;;;/q-1;;;;;. The van der Waals surface area contributed by atoms with Crippen LogP contribution in [0, 0.1) is 0 Å². The van der Waals surface area contributed by atoms with Crippen LogP contribution in [0.15, 0.2) is 42.5 Å². The number of carbonyl (C=O) groups is 3. The maximum absolute atomic E-state index is 12.5. The van der Waals surface area contributed by atoms with Crippen LogP contribution in [0.5, 0.6) is 0 Å². The summed E-state index contributed by atoms with van der Waals surface area (Å²) in [6, 6.07) is 13.5. The van der Waals surface area contributed by atoms with Gasteiger partial charge in [0, 0.05) is 105 Å². The molecule has 16 heteroatoms. The molecular weight excluding hydrogens is 700 g/mol. The minimum absolute atomic E-state index is 0. The normalized spacial score (nSPS) is 15.9. The Kier molecular flexibility index (Phi) is 19.5. The minimum Gasteiger partial charge on any atom is -0.652 e. The van der Waals surface area contributed by atoms with Crippen LogP contribution in [0.25, 0.3) is 11.1 Å². The number of hydrogen-bond donors (Lipinski definition) is 1. The Morgan fingerprint density at radius 2 is 1.67 bits per heavy atom. The first-order valence-electron chi connectivity index (χ1n) is 10.4. The van der Waals surface area contributed by atoms with E-state index >= 15 is 0 Å². The van der Waals surface area contributed by atoms with Crippen molar-refractivity contribution in [2.24, 2.45) is 0 Å². The molecule has 10 nitrogen and oxygen atoms in total. The van der Waals surface area contributed by atoms with E-state index in [1.165, 1.54) is 23.1 Å². The summed E-state index contributed by atoms with van der Waals surface area (Å²) < 4.78 is 30.3. The van der Waals surface area contributed by atoms with Crippen LogP contribution >= 0.6 is 11.8 Å². The van der Waals surface area contributed by atoms with Gasteiger partial charge in [0.05, 0.1) is 11.9 Å². The molecule has 2 aromatic carbocycles. The molecule has 2 aromatic rings. The third kappa shape index (κ3) is 10.3. The van der Waals surface area contributed by atoms with Crippen molar-refractivity contribution in [3.05, 3.63) is 53.6 Å². The van der Waals surface area contributed by atoms with Crippen LogP contribution in [0.3, 0.4) is 0 Å². The van der Waals surface area contributed by atoms with Gasteiger partial charge in [-0.2, -0.15) is 11.8 Å². The van der Waals surface area contributed by atoms with E-state index in [4.69, 9.17) is 17.4 Å². The average Bonchev–Trinajstić information content (AvgIpc) is 3.28. The van der Waals surface area contributed by atoms with Crippen molar-refractivity contribution >= 4 is 52.3 Å². The topological polar surface area (TPSA) is 144 Å². The van der Waals surface area contributed by atoms with Crippen LogP contribution in [-0.2, 0) is 109 Å². The van der Waals surface area contributed by atoms with Crippen molar-refractivity contribution in [1.29, 1.82) is 0 Å². The van der Waals surface area contributed by atoms with Crippen molar-refractivity contribution in [1.82, 2.24) is 4.90 Å². The number of fused-ring (bicyclic) bond motifs is 3. The molecule has 0 saturated carbocycles. The molecule has 39 heavy (non-hydrogen) atoms. The second kappa shape index (κ2) is 19.0. The van der Waals surface area contributed by atoms with Crippen molar-refractivity contribution in [2.45, 2.75) is 24.0 Å². The molecule has 0 bridgehead atoms. The van der Waals surface area contributed by atoms with E-state index in [1.54, 1.807) is 6.26 Å². The van der Waals surface area contributed by atoms with Gasteiger partial charge in [-0.05, 0) is 40.6 Å². The largest absolute Gasteiger partial charge is 0.652 e. The zero-order valence-corrected chi connectivity index (χ0v) is 27.6. The van der Waals surface area contributed by atoms with Crippen LogP contribution in [0.4, 0.5) is 5.69 Å². The number of rotatable bonds is 8. The number of carbonyl (C=O) groups excluding carboxylic acids is 4. The number of ether oxygens (including phenoxy) is 1. The molecule has 1 N–H and O–H groups in total. The van der Waals surface area contributed by atoms with Crippen LogP contribution in [0.2, 0.25) is 0 Å². The number of benzene rings is 2. The third-order valence-electron chi connectivity index (χ3n) is 5.70. The first kappa shape index (κ1) is 40.0. The van der Waals surface area contributed by atoms with Crippen molar-refractivity contribution in [3.8, 4) is 11.1 Å². The van der Waals surface area contributed by atoms with Crippen LogP contribution in [-0.4, -0.2) is 66.4 Å². The SMILES string of the molecule is CSC1CC(=O)N(CCC(=O)Nc2ccc3c(c2)C(CO[C-]=O)c2ccccc2-3)C1=O.O=S(=O)=O.[V].[V].[V].[V]. The zero-order valence-electron chi connectivity index (χ0n) is 20.3. The van der Waals surface area contributed by atoms with E-state index in [0.717, 1.165) is 22.3 Å². The second-order valence-corrected chi connectivity index (χ2v) is 9.10. The van der Waals surface area contributed by atoms with E-state index in [2.05, 4.69) is 5.32 Å². The second-order valence-electron chi connectivity index (χ2n) is 7.65. The van der Waals surface area contributed by atoms with Gasteiger partial charge in [0.25, 0.3) is 0 Å². The van der Waals surface area contributed by atoms with E-state index in [9.17, 15) is 19.2 Å².